The zero-order valence-corrected chi connectivity index (χ0v) is 10.4. The number of imidazole rings is 1. The molecule has 2 rings (SSSR count). The van der Waals surface area contributed by atoms with Crippen molar-refractivity contribution in [1.82, 2.24) is 19.3 Å². The first-order chi connectivity index (χ1) is 8.11. The van der Waals surface area contributed by atoms with E-state index < -0.39 is 0 Å². The highest BCUT2D eigenvalue weighted by Gasteiger charge is 2.11. The van der Waals surface area contributed by atoms with E-state index in [1.165, 1.54) is 0 Å². The summed E-state index contributed by atoms with van der Waals surface area (Å²) in [5.41, 5.74) is 2.99. The molecule has 90 valence electrons. The molecule has 0 amide bonds. The van der Waals surface area contributed by atoms with Crippen molar-refractivity contribution in [2.45, 2.75) is 13.8 Å². The van der Waals surface area contributed by atoms with Crippen molar-refractivity contribution in [2.24, 2.45) is 7.05 Å². The molecular formula is C12H17N5. The van der Waals surface area contributed by atoms with Gasteiger partial charge in [-0.15, -0.1) is 6.58 Å². The fraction of sp³-hybridized carbons (Fsp3) is 0.333. The van der Waals surface area contributed by atoms with Crippen LogP contribution in [0.1, 0.15) is 11.4 Å². The van der Waals surface area contributed by atoms with Crippen molar-refractivity contribution in [3.63, 3.8) is 0 Å². The van der Waals surface area contributed by atoms with Crippen LogP contribution in [-0.2, 0) is 7.05 Å². The normalized spacial score (nSPS) is 10.5. The molecule has 0 bridgehead atoms. The van der Waals surface area contributed by atoms with Gasteiger partial charge in [0.2, 0.25) is 5.95 Å². The maximum absolute atomic E-state index is 4.44. The van der Waals surface area contributed by atoms with E-state index in [1.807, 2.05) is 43.9 Å². The Balaban J connectivity index is 2.43. The fourth-order valence-electron chi connectivity index (χ4n) is 1.79. The van der Waals surface area contributed by atoms with Crippen LogP contribution in [0.2, 0.25) is 0 Å². The minimum atomic E-state index is 0.690. The summed E-state index contributed by atoms with van der Waals surface area (Å²) in [6.07, 6.45) is 5.79. The van der Waals surface area contributed by atoms with Crippen LogP contribution in [-0.4, -0.2) is 25.9 Å². The van der Waals surface area contributed by atoms with E-state index in [9.17, 15) is 0 Å². The van der Waals surface area contributed by atoms with Gasteiger partial charge >= 0.3 is 0 Å². The van der Waals surface area contributed by atoms with Crippen molar-refractivity contribution in [1.29, 1.82) is 0 Å². The van der Waals surface area contributed by atoms with Crippen LogP contribution in [0.5, 0.6) is 0 Å². The van der Waals surface area contributed by atoms with E-state index in [0.717, 1.165) is 23.0 Å². The average molecular weight is 231 g/mol. The number of aromatic nitrogens is 4. The summed E-state index contributed by atoms with van der Waals surface area (Å²) in [5, 5.41) is 7.55. The highest BCUT2D eigenvalue weighted by Crippen LogP contribution is 2.18. The van der Waals surface area contributed by atoms with Gasteiger partial charge < -0.3 is 5.32 Å². The third-order valence-electron chi connectivity index (χ3n) is 2.48. The average Bonchev–Trinajstić information content (AvgIpc) is 2.78. The Hall–Kier alpha value is -2.04. The van der Waals surface area contributed by atoms with Crippen LogP contribution in [0.4, 0.5) is 5.95 Å². The predicted octanol–water partition coefficient (Wildman–Crippen LogP) is 1.82. The molecule has 0 unspecified atom stereocenters. The molecule has 0 fully saturated rings. The Morgan fingerprint density at radius 1 is 1.41 bits per heavy atom. The second kappa shape index (κ2) is 4.45. The van der Waals surface area contributed by atoms with E-state index in [-0.39, 0.29) is 0 Å². The van der Waals surface area contributed by atoms with Gasteiger partial charge in [0.25, 0.3) is 0 Å². The number of hydrogen-bond donors (Lipinski definition) is 1. The number of anilines is 1. The molecule has 5 nitrogen and oxygen atoms in total. The first kappa shape index (κ1) is 11.4. The van der Waals surface area contributed by atoms with Gasteiger partial charge in [-0.2, -0.15) is 5.10 Å². The monoisotopic (exact) mass is 231 g/mol. The largest absolute Gasteiger partial charge is 0.352 e. The van der Waals surface area contributed by atoms with Gasteiger partial charge in [-0.25, -0.2) is 4.98 Å². The smallest absolute Gasteiger partial charge is 0.208 e. The van der Waals surface area contributed by atoms with Crippen LogP contribution in [0.3, 0.4) is 0 Å². The van der Waals surface area contributed by atoms with Crippen molar-refractivity contribution in [2.75, 3.05) is 11.9 Å². The Labute approximate surface area is 101 Å². The minimum absolute atomic E-state index is 0.690. The molecule has 2 heterocycles. The summed E-state index contributed by atoms with van der Waals surface area (Å²) in [5.74, 6) is 0.818. The van der Waals surface area contributed by atoms with Gasteiger partial charge in [0.05, 0.1) is 17.1 Å². The highest BCUT2D eigenvalue weighted by molar-refractivity contribution is 5.44. The molecule has 0 aliphatic rings. The molecule has 0 radical (unpaired) electrons. The van der Waals surface area contributed by atoms with Gasteiger partial charge in [-0.3, -0.25) is 9.25 Å². The van der Waals surface area contributed by atoms with Gasteiger partial charge in [0, 0.05) is 26.0 Å². The van der Waals surface area contributed by atoms with Crippen molar-refractivity contribution >= 4 is 5.95 Å². The molecule has 0 aliphatic heterocycles. The zero-order valence-electron chi connectivity index (χ0n) is 10.4. The molecular weight excluding hydrogens is 214 g/mol. The zero-order chi connectivity index (χ0) is 12.4. The topological polar surface area (TPSA) is 47.7 Å². The van der Waals surface area contributed by atoms with Crippen LogP contribution >= 0.6 is 0 Å². The van der Waals surface area contributed by atoms with Gasteiger partial charge in [0.1, 0.15) is 0 Å². The first-order valence-corrected chi connectivity index (χ1v) is 5.53. The molecule has 0 atom stereocenters. The number of nitrogens with zero attached hydrogens (tertiary/aromatic N) is 4. The summed E-state index contributed by atoms with van der Waals surface area (Å²) in [7, 11) is 1.91. The Morgan fingerprint density at radius 3 is 2.76 bits per heavy atom. The lowest BCUT2D eigenvalue weighted by atomic mass is 10.4. The molecule has 0 aromatic carbocycles. The summed E-state index contributed by atoms with van der Waals surface area (Å²) >= 11 is 0. The third-order valence-corrected chi connectivity index (χ3v) is 2.48. The van der Waals surface area contributed by atoms with E-state index >= 15 is 0 Å². The lowest BCUT2D eigenvalue weighted by Crippen LogP contribution is -2.05. The van der Waals surface area contributed by atoms with E-state index in [4.69, 9.17) is 0 Å². The molecule has 5 heteroatoms. The van der Waals surface area contributed by atoms with Crippen LogP contribution in [0, 0.1) is 13.8 Å². The third kappa shape index (κ3) is 2.22. The Kier molecular flexibility index (Phi) is 2.99. The van der Waals surface area contributed by atoms with E-state index in [0.29, 0.717) is 6.54 Å². The maximum atomic E-state index is 4.44. The van der Waals surface area contributed by atoms with Crippen LogP contribution < -0.4 is 5.32 Å². The summed E-state index contributed by atoms with van der Waals surface area (Å²) < 4.78 is 3.82. The maximum Gasteiger partial charge on any atom is 0.208 e. The van der Waals surface area contributed by atoms with E-state index in [1.54, 1.807) is 4.68 Å². The van der Waals surface area contributed by atoms with Crippen LogP contribution in [0.25, 0.3) is 5.69 Å². The first-order valence-electron chi connectivity index (χ1n) is 5.53. The molecule has 2 aromatic rings. The molecule has 2 aromatic heterocycles. The lowest BCUT2D eigenvalue weighted by Gasteiger charge is -2.06. The molecule has 0 saturated carbocycles. The number of rotatable bonds is 4. The molecule has 0 saturated heterocycles. The lowest BCUT2D eigenvalue weighted by molar-refractivity contribution is 0.756. The molecule has 1 N–H and O–H groups in total. The van der Waals surface area contributed by atoms with Crippen molar-refractivity contribution in [3.8, 4) is 5.69 Å². The summed E-state index contributed by atoms with van der Waals surface area (Å²) in [4.78, 5) is 4.44. The quantitative estimate of drug-likeness (QED) is 0.816. The second-order valence-electron chi connectivity index (χ2n) is 4.02. The molecule has 17 heavy (non-hydrogen) atoms. The van der Waals surface area contributed by atoms with Gasteiger partial charge in [0.15, 0.2) is 0 Å². The summed E-state index contributed by atoms with van der Waals surface area (Å²) in [6, 6.07) is 0. The van der Waals surface area contributed by atoms with Crippen LogP contribution in [0.15, 0.2) is 25.0 Å². The molecule has 0 aliphatic carbocycles. The molecule has 0 spiro atoms. The van der Waals surface area contributed by atoms with Gasteiger partial charge in [-0.05, 0) is 13.8 Å². The fourth-order valence-corrected chi connectivity index (χ4v) is 1.79. The standard InChI is InChI=1S/C12H17N5/c1-5-6-13-12-14-9(2)7-17(12)11-8-16(4)15-10(11)3/h5,7-8H,1,6H2,2-4H3,(H,13,14). The van der Waals surface area contributed by atoms with Crippen molar-refractivity contribution in [3.05, 3.63) is 36.4 Å². The SMILES string of the molecule is C=CCNc1nc(C)cn1-c1cn(C)nc1C. The summed E-state index contributed by atoms with van der Waals surface area (Å²) in [6.45, 7) is 8.34. The Morgan fingerprint density at radius 2 is 2.18 bits per heavy atom. The van der Waals surface area contributed by atoms with Crippen molar-refractivity contribution < 1.29 is 0 Å². The number of hydrogen-bond acceptors (Lipinski definition) is 3. The predicted molar refractivity (Wildman–Crippen MR) is 68.5 cm³/mol. The number of aryl methyl sites for hydroxylation is 3. The van der Waals surface area contributed by atoms with Gasteiger partial charge in [-0.1, -0.05) is 6.08 Å². The minimum Gasteiger partial charge on any atom is -0.352 e. The van der Waals surface area contributed by atoms with E-state index in [2.05, 4.69) is 22.0 Å². The Bertz CT molecular complexity index is 535. The number of nitrogens with one attached hydrogen (secondary N) is 1. The second-order valence-corrected chi connectivity index (χ2v) is 4.02. The highest BCUT2D eigenvalue weighted by atomic mass is 15.3.